The molecule has 0 spiro atoms. The van der Waals surface area contributed by atoms with Gasteiger partial charge in [0.15, 0.2) is 11.6 Å². The van der Waals surface area contributed by atoms with Crippen LogP contribution in [0.3, 0.4) is 0 Å². The lowest BCUT2D eigenvalue weighted by Crippen LogP contribution is -2.40. The van der Waals surface area contributed by atoms with Crippen molar-refractivity contribution in [2.75, 3.05) is 25.1 Å². The molecule has 2 rings (SSSR count). The number of hydrogen-bond donors (Lipinski definition) is 0. The second-order valence-corrected chi connectivity index (χ2v) is 8.62. The van der Waals surface area contributed by atoms with E-state index >= 15 is 0 Å². The van der Waals surface area contributed by atoms with Crippen LogP contribution in [0.25, 0.3) is 0 Å². The van der Waals surface area contributed by atoms with Crippen LogP contribution < -0.4 is 0 Å². The Labute approximate surface area is 131 Å². The molecule has 6 nitrogen and oxygen atoms in total. The number of aryl methyl sites for hydroxylation is 1. The molecule has 2 heterocycles. The average molecular weight is 328 g/mol. The maximum atomic E-state index is 12.5. The maximum absolute atomic E-state index is 12.5. The minimum atomic E-state index is -2.96. The molecule has 0 bridgehead atoms. The Hall–Kier alpha value is -1.37. The fraction of sp³-hybridized carbons (Fsp3) is 0.733. The molecular formula is C15H24N2O4S. The zero-order chi connectivity index (χ0) is 16.5. The van der Waals surface area contributed by atoms with E-state index in [0.29, 0.717) is 43.3 Å². The van der Waals surface area contributed by atoms with E-state index in [1.807, 2.05) is 13.8 Å². The topological polar surface area (TPSA) is 80.5 Å². The third-order valence-electron chi connectivity index (χ3n) is 3.95. The van der Waals surface area contributed by atoms with Gasteiger partial charge >= 0.3 is 0 Å². The standard InChI is InChI=1S/C15H24N2O4S/c1-10(2)14-16-13(11(3)21-14)15(18)17-7-5-12(6-8-17)9-22(4,19)20/h10,12H,5-9H2,1-4H3. The second-order valence-electron chi connectivity index (χ2n) is 6.44. The van der Waals surface area contributed by atoms with Gasteiger partial charge in [-0.15, -0.1) is 0 Å². The third-order valence-corrected chi connectivity index (χ3v) is 5.03. The molecule has 0 unspecified atom stereocenters. The number of carbonyl (C=O) groups is 1. The van der Waals surface area contributed by atoms with E-state index in [2.05, 4.69) is 4.98 Å². The fourth-order valence-corrected chi connectivity index (χ4v) is 3.93. The Morgan fingerprint density at radius 3 is 2.41 bits per heavy atom. The average Bonchev–Trinajstić information content (AvgIpc) is 2.79. The van der Waals surface area contributed by atoms with Crippen LogP contribution in [0.4, 0.5) is 0 Å². The normalized spacial score (nSPS) is 17.2. The van der Waals surface area contributed by atoms with Crippen LogP contribution in [0.2, 0.25) is 0 Å². The number of oxazole rings is 1. The van der Waals surface area contributed by atoms with Crippen LogP contribution in [0.15, 0.2) is 4.42 Å². The number of carbonyl (C=O) groups excluding carboxylic acids is 1. The zero-order valence-electron chi connectivity index (χ0n) is 13.6. The molecule has 0 N–H and O–H groups in total. The summed E-state index contributed by atoms with van der Waals surface area (Å²) in [7, 11) is -2.96. The number of piperidine rings is 1. The summed E-state index contributed by atoms with van der Waals surface area (Å²) in [6.07, 6.45) is 2.69. The van der Waals surface area contributed by atoms with E-state index in [9.17, 15) is 13.2 Å². The van der Waals surface area contributed by atoms with Gasteiger partial charge in [0.2, 0.25) is 0 Å². The van der Waals surface area contributed by atoms with Crippen LogP contribution >= 0.6 is 0 Å². The summed E-state index contributed by atoms with van der Waals surface area (Å²) >= 11 is 0. The Kier molecular flexibility index (Phi) is 4.94. The molecule has 1 amide bonds. The molecular weight excluding hydrogens is 304 g/mol. The Morgan fingerprint density at radius 1 is 1.36 bits per heavy atom. The molecule has 1 aliphatic rings. The summed E-state index contributed by atoms with van der Waals surface area (Å²) in [5.74, 6) is 1.49. The first-order chi connectivity index (χ1) is 10.2. The maximum Gasteiger partial charge on any atom is 0.276 e. The van der Waals surface area contributed by atoms with Crippen LogP contribution in [0.5, 0.6) is 0 Å². The van der Waals surface area contributed by atoms with Crippen molar-refractivity contribution in [3.63, 3.8) is 0 Å². The molecule has 7 heteroatoms. The highest BCUT2D eigenvalue weighted by molar-refractivity contribution is 7.90. The van der Waals surface area contributed by atoms with Gasteiger partial charge in [0.25, 0.3) is 5.91 Å². The molecule has 1 aliphatic heterocycles. The molecule has 0 radical (unpaired) electrons. The predicted molar refractivity (Wildman–Crippen MR) is 83.7 cm³/mol. The predicted octanol–water partition coefficient (Wildman–Crippen LogP) is 2.00. The number of amides is 1. The molecule has 0 aliphatic carbocycles. The monoisotopic (exact) mass is 328 g/mol. The highest BCUT2D eigenvalue weighted by Gasteiger charge is 2.28. The SMILES string of the molecule is Cc1oc(C(C)C)nc1C(=O)N1CCC(CS(C)(=O)=O)CC1. The van der Waals surface area contributed by atoms with Gasteiger partial charge in [-0.05, 0) is 25.7 Å². The van der Waals surface area contributed by atoms with Gasteiger partial charge in [0, 0.05) is 25.3 Å². The molecule has 0 atom stereocenters. The van der Waals surface area contributed by atoms with Crippen molar-refractivity contribution in [3.8, 4) is 0 Å². The smallest absolute Gasteiger partial charge is 0.276 e. The minimum Gasteiger partial charge on any atom is -0.445 e. The summed E-state index contributed by atoms with van der Waals surface area (Å²) < 4.78 is 28.2. The van der Waals surface area contributed by atoms with Crippen molar-refractivity contribution in [1.29, 1.82) is 0 Å². The van der Waals surface area contributed by atoms with Crippen molar-refractivity contribution in [2.24, 2.45) is 5.92 Å². The van der Waals surface area contributed by atoms with Crippen LogP contribution in [-0.2, 0) is 9.84 Å². The molecule has 1 fully saturated rings. The van der Waals surface area contributed by atoms with Gasteiger partial charge in [0.1, 0.15) is 15.6 Å². The first kappa shape index (κ1) is 17.0. The lowest BCUT2D eigenvalue weighted by Gasteiger charge is -2.31. The fourth-order valence-electron chi connectivity index (χ4n) is 2.74. The van der Waals surface area contributed by atoms with Crippen LogP contribution in [-0.4, -0.2) is 49.3 Å². The second kappa shape index (κ2) is 6.40. The quantitative estimate of drug-likeness (QED) is 0.844. The van der Waals surface area contributed by atoms with Gasteiger partial charge in [-0.25, -0.2) is 13.4 Å². The van der Waals surface area contributed by atoms with E-state index in [1.165, 1.54) is 6.26 Å². The lowest BCUT2D eigenvalue weighted by atomic mass is 9.99. The van der Waals surface area contributed by atoms with E-state index in [0.717, 1.165) is 0 Å². The largest absolute Gasteiger partial charge is 0.445 e. The van der Waals surface area contributed by atoms with E-state index in [-0.39, 0.29) is 23.5 Å². The number of likely N-dealkylation sites (tertiary alicyclic amines) is 1. The van der Waals surface area contributed by atoms with Gasteiger partial charge < -0.3 is 9.32 Å². The summed E-state index contributed by atoms with van der Waals surface area (Å²) in [5.41, 5.74) is 0.380. The van der Waals surface area contributed by atoms with Crippen LogP contribution in [0.1, 0.15) is 54.7 Å². The number of rotatable bonds is 4. The van der Waals surface area contributed by atoms with Gasteiger partial charge in [-0.1, -0.05) is 13.8 Å². The number of nitrogens with zero attached hydrogens (tertiary/aromatic N) is 2. The first-order valence-corrected chi connectivity index (χ1v) is 9.67. The van der Waals surface area contributed by atoms with Crippen molar-refractivity contribution < 1.29 is 17.6 Å². The van der Waals surface area contributed by atoms with Gasteiger partial charge in [0.05, 0.1) is 5.75 Å². The molecule has 124 valence electrons. The van der Waals surface area contributed by atoms with Crippen LogP contribution in [0, 0.1) is 12.8 Å². The number of aromatic nitrogens is 1. The van der Waals surface area contributed by atoms with E-state index < -0.39 is 9.84 Å². The van der Waals surface area contributed by atoms with Crippen molar-refractivity contribution in [3.05, 3.63) is 17.3 Å². The van der Waals surface area contributed by atoms with E-state index in [1.54, 1.807) is 11.8 Å². The van der Waals surface area contributed by atoms with Crippen molar-refractivity contribution in [2.45, 2.75) is 39.5 Å². The van der Waals surface area contributed by atoms with Gasteiger partial charge in [-0.3, -0.25) is 4.79 Å². The lowest BCUT2D eigenvalue weighted by molar-refractivity contribution is 0.0691. The minimum absolute atomic E-state index is 0.119. The number of sulfone groups is 1. The highest BCUT2D eigenvalue weighted by Crippen LogP contribution is 2.23. The Morgan fingerprint density at radius 2 is 1.95 bits per heavy atom. The number of hydrogen-bond acceptors (Lipinski definition) is 5. The third kappa shape index (κ3) is 4.09. The molecule has 0 saturated carbocycles. The van der Waals surface area contributed by atoms with Gasteiger partial charge in [-0.2, -0.15) is 0 Å². The summed E-state index contributed by atoms with van der Waals surface area (Å²) in [6, 6.07) is 0. The molecule has 0 aromatic carbocycles. The van der Waals surface area contributed by atoms with E-state index in [4.69, 9.17) is 4.42 Å². The molecule has 22 heavy (non-hydrogen) atoms. The Bertz CT molecular complexity index is 640. The highest BCUT2D eigenvalue weighted by atomic mass is 32.2. The summed E-state index contributed by atoms with van der Waals surface area (Å²) in [6.45, 7) is 6.83. The molecule has 1 saturated heterocycles. The summed E-state index contributed by atoms with van der Waals surface area (Å²) in [4.78, 5) is 18.6. The van der Waals surface area contributed by atoms with Crippen molar-refractivity contribution >= 4 is 15.7 Å². The Balaban J connectivity index is 2.01. The molecule has 1 aromatic heterocycles. The zero-order valence-corrected chi connectivity index (χ0v) is 14.4. The summed E-state index contributed by atoms with van der Waals surface area (Å²) in [5, 5.41) is 0. The van der Waals surface area contributed by atoms with Crippen molar-refractivity contribution in [1.82, 2.24) is 9.88 Å². The first-order valence-electron chi connectivity index (χ1n) is 7.61. The molecule has 1 aromatic rings.